The fraction of sp³-hybridized carbons (Fsp3) is 0.364. The number of benzene rings is 1. The molecule has 0 heterocycles. The molecule has 0 aliphatic rings. The van der Waals surface area contributed by atoms with Gasteiger partial charge in [-0.1, -0.05) is 36.5 Å². The largest absolute Gasteiger partial charge is 0.397 e. The third-order valence-corrected chi connectivity index (χ3v) is 2.95. The Hall–Kier alpha value is -0.930. The van der Waals surface area contributed by atoms with E-state index in [9.17, 15) is 4.79 Å². The van der Waals surface area contributed by atoms with Gasteiger partial charge in [0.2, 0.25) is 0 Å². The highest BCUT2D eigenvalue weighted by molar-refractivity contribution is 6.43. The van der Waals surface area contributed by atoms with Crippen molar-refractivity contribution in [2.75, 3.05) is 12.3 Å². The zero-order chi connectivity index (χ0) is 12.1. The molecule has 0 fully saturated rings. The Kier molecular flexibility index (Phi) is 4.90. The summed E-state index contributed by atoms with van der Waals surface area (Å²) in [5, 5.41) is 3.36. The van der Waals surface area contributed by atoms with Crippen LogP contribution in [-0.2, 0) is 0 Å². The zero-order valence-electron chi connectivity index (χ0n) is 9.02. The quantitative estimate of drug-likeness (QED) is 0.646. The average molecular weight is 261 g/mol. The predicted octanol–water partition coefficient (Wildman–Crippen LogP) is 3.11. The summed E-state index contributed by atoms with van der Waals surface area (Å²) in [5.74, 6) is -0.182. The SMILES string of the molecule is CCCCNC(=O)c1cc(N)c(Cl)c(Cl)c1. The van der Waals surface area contributed by atoms with E-state index in [2.05, 4.69) is 12.2 Å². The maximum atomic E-state index is 11.7. The molecule has 0 atom stereocenters. The Labute approximate surface area is 105 Å². The third kappa shape index (κ3) is 3.29. The topological polar surface area (TPSA) is 55.1 Å². The third-order valence-electron chi connectivity index (χ3n) is 2.13. The minimum Gasteiger partial charge on any atom is -0.397 e. The number of carbonyl (C=O) groups is 1. The van der Waals surface area contributed by atoms with Gasteiger partial charge in [-0.2, -0.15) is 0 Å². The van der Waals surface area contributed by atoms with E-state index >= 15 is 0 Å². The van der Waals surface area contributed by atoms with Crippen molar-refractivity contribution in [1.82, 2.24) is 5.32 Å². The van der Waals surface area contributed by atoms with Crippen LogP contribution in [0.1, 0.15) is 30.1 Å². The number of amides is 1. The van der Waals surface area contributed by atoms with Gasteiger partial charge in [0.15, 0.2) is 0 Å². The summed E-state index contributed by atoms with van der Waals surface area (Å²) in [5.41, 5.74) is 6.37. The number of carbonyl (C=O) groups excluding carboxylic acids is 1. The van der Waals surface area contributed by atoms with E-state index in [1.807, 2.05) is 0 Å². The lowest BCUT2D eigenvalue weighted by molar-refractivity contribution is 0.0953. The summed E-state index contributed by atoms with van der Waals surface area (Å²) in [4.78, 5) is 11.7. The molecule has 0 bridgehead atoms. The highest BCUT2D eigenvalue weighted by Gasteiger charge is 2.10. The Morgan fingerprint density at radius 1 is 1.44 bits per heavy atom. The number of halogens is 2. The molecule has 0 aliphatic heterocycles. The van der Waals surface area contributed by atoms with Crippen LogP contribution in [0.25, 0.3) is 0 Å². The van der Waals surface area contributed by atoms with E-state index in [0.29, 0.717) is 22.8 Å². The number of hydrogen-bond acceptors (Lipinski definition) is 2. The highest BCUT2D eigenvalue weighted by atomic mass is 35.5. The lowest BCUT2D eigenvalue weighted by Crippen LogP contribution is -2.24. The number of nitrogens with two attached hydrogens (primary N) is 1. The van der Waals surface area contributed by atoms with Gasteiger partial charge in [-0.05, 0) is 18.6 Å². The van der Waals surface area contributed by atoms with Crippen molar-refractivity contribution in [1.29, 1.82) is 0 Å². The van der Waals surface area contributed by atoms with Crippen LogP contribution in [0.5, 0.6) is 0 Å². The molecule has 0 aromatic heterocycles. The monoisotopic (exact) mass is 260 g/mol. The minimum absolute atomic E-state index is 0.182. The molecule has 0 radical (unpaired) electrons. The van der Waals surface area contributed by atoms with Gasteiger partial charge in [0.25, 0.3) is 5.91 Å². The fourth-order valence-electron chi connectivity index (χ4n) is 1.22. The van der Waals surface area contributed by atoms with E-state index in [-0.39, 0.29) is 10.9 Å². The van der Waals surface area contributed by atoms with Gasteiger partial charge in [0, 0.05) is 12.1 Å². The fourth-order valence-corrected chi connectivity index (χ4v) is 1.56. The standard InChI is InChI=1S/C11H14Cl2N2O/c1-2-3-4-15-11(16)7-5-8(12)10(13)9(14)6-7/h5-6H,2-4,14H2,1H3,(H,15,16). The maximum absolute atomic E-state index is 11.7. The summed E-state index contributed by atoms with van der Waals surface area (Å²) in [7, 11) is 0. The zero-order valence-corrected chi connectivity index (χ0v) is 10.5. The second-order valence-corrected chi connectivity index (χ2v) is 4.26. The average Bonchev–Trinajstić information content (AvgIpc) is 2.25. The van der Waals surface area contributed by atoms with Gasteiger partial charge in [-0.15, -0.1) is 0 Å². The van der Waals surface area contributed by atoms with Crippen LogP contribution in [0.4, 0.5) is 5.69 Å². The molecule has 16 heavy (non-hydrogen) atoms. The number of anilines is 1. The van der Waals surface area contributed by atoms with Crippen molar-refractivity contribution in [2.24, 2.45) is 0 Å². The summed E-state index contributed by atoms with van der Waals surface area (Å²) < 4.78 is 0. The Morgan fingerprint density at radius 3 is 2.69 bits per heavy atom. The number of hydrogen-bond donors (Lipinski definition) is 2. The van der Waals surface area contributed by atoms with E-state index in [1.165, 1.54) is 12.1 Å². The summed E-state index contributed by atoms with van der Waals surface area (Å²) >= 11 is 11.6. The lowest BCUT2D eigenvalue weighted by atomic mass is 10.2. The Bertz CT molecular complexity index is 371. The molecule has 0 aliphatic carbocycles. The molecule has 1 aromatic carbocycles. The first-order valence-electron chi connectivity index (χ1n) is 5.09. The van der Waals surface area contributed by atoms with Crippen molar-refractivity contribution < 1.29 is 4.79 Å². The predicted molar refractivity (Wildman–Crippen MR) is 68.1 cm³/mol. The Balaban J connectivity index is 2.76. The normalized spacial score (nSPS) is 10.2. The molecule has 1 amide bonds. The van der Waals surface area contributed by atoms with Crippen LogP contribution in [0.3, 0.4) is 0 Å². The van der Waals surface area contributed by atoms with Gasteiger partial charge in [-0.3, -0.25) is 4.79 Å². The van der Waals surface area contributed by atoms with E-state index in [0.717, 1.165) is 12.8 Å². The van der Waals surface area contributed by atoms with Crippen LogP contribution < -0.4 is 11.1 Å². The van der Waals surface area contributed by atoms with E-state index in [4.69, 9.17) is 28.9 Å². The van der Waals surface area contributed by atoms with Crippen LogP contribution in [0, 0.1) is 0 Å². The van der Waals surface area contributed by atoms with Crippen LogP contribution in [0.15, 0.2) is 12.1 Å². The molecule has 0 spiro atoms. The summed E-state index contributed by atoms with van der Waals surface area (Å²) in [6.45, 7) is 2.71. The highest BCUT2D eigenvalue weighted by Crippen LogP contribution is 2.29. The summed E-state index contributed by atoms with van der Waals surface area (Å²) in [6, 6.07) is 3.04. The molecular formula is C11H14Cl2N2O. The lowest BCUT2D eigenvalue weighted by Gasteiger charge is -2.07. The molecule has 3 N–H and O–H groups in total. The van der Waals surface area contributed by atoms with Gasteiger partial charge >= 0.3 is 0 Å². The first-order chi connectivity index (χ1) is 7.56. The van der Waals surface area contributed by atoms with Gasteiger partial charge in [0.05, 0.1) is 15.7 Å². The molecule has 88 valence electrons. The van der Waals surface area contributed by atoms with Crippen molar-refractivity contribution in [3.05, 3.63) is 27.7 Å². The van der Waals surface area contributed by atoms with Crippen LogP contribution >= 0.6 is 23.2 Å². The second-order valence-electron chi connectivity index (χ2n) is 3.47. The van der Waals surface area contributed by atoms with Crippen molar-refractivity contribution in [2.45, 2.75) is 19.8 Å². The second kappa shape index (κ2) is 5.97. The van der Waals surface area contributed by atoms with Crippen molar-refractivity contribution in [3.8, 4) is 0 Å². The molecule has 3 nitrogen and oxygen atoms in total. The number of unbranched alkanes of at least 4 members (excludes halogenated alkanes) is 1. The smallest absolute Gasteiger partial charge is 0.251 e. The van der Waals surface area contributed by atoms with Gasteiger partial charge in [-0.25, -0.2) is 0 Å². The Morgan fingerprint density at radius 2 is 2.12 bits per heavy atom. The molecule has 1 aromatic rings. The molecule has 5 heteroatoms. The molecule has 1 rings (SSSR count). The van der Waals surface area contributed by atoms with Crippen molar-refractivity contribution >= 4 is 34.8 Å². The number of nitrogen functional groups attached to an aromatic ring is 1. The van der Waals surface area contributed by atoms with Gasteiger partial charge < -0.3 is 11.1 Å². The molecular weight excluding hydrogens is 247 g/mol. The molecule has 0 saturated carbocycles. The van der Waals surface area contributed by atoms with Gasteiger partial charge in [0.1, 0.15) is 0 Å². The first-order valence-corrected chi connectivity index (χ1v) is 5.84. The molecule has 0 saturated heterocycles. The number of rotatable bonds is 4. The molecule has 0 unspecified atom stereocenters. The van der Waals surface area contributed by atoms with Crippen LogP contribution in [0.2, 0.25) is 10.0 Å². The number of nitrogens with one attached hydrogen (secondary N) is 1. The van der Waals surface area contributed by atoms with Crippen molar-refractivity contribution in [3.63, 3.8) is 0 Å². The van der Waals surface area contributed by atoms with Crippen LogP contribution in [-0.4, -0.2) is 12.5 Å². The first kappa shape index (κ1) is 13.1. The maximum Gasteiger partial charge on any atom is 0.251 e. The summed E-state index contributed by atoms with van der Waals surface area (Å²) in [6.07, 6.45) is 1.98. The van der Waals surface area contributed by atoms with E-state index < -0.39 is 0 Å². The minimum atomic E-state index is -0.182. The van der Waals surface area contributed by atoms with E-state index in [1.54, 1.807) is 0 Å².